The summed E-state index contributed by atoms with van der Waals surface area (Å²) in [6.45, 7) is 4.55. The van der Waals surface area contributed by atoms with Crippen molar-refractivity contribution in [2.45, 2.75) is 0 Å². The average molecular weight is 145 g/mol. The minimum Gasteiger partial charge on any atom is -0.395 e. The fourth-order valence-electron chi connectivity index (χ4n) is 1.42. The van der Waals surface area contributed by atoms with Gasteiger partial charge in [0.25, 0.3) is 0 Å². The number of quaternary nitrogens is 1. The van der Waals surface area contributed by atoms with E-state index in [1.54, 1.807) is 0 Å². The van der Waals surface area contributed by atoms with Crippen LogP contribution in [0.3, 0.4) is 0 Å². The second kappa shape index (κ2) is 2.86. The molecule has 60 valence electrons. The van der Waals surface area contributed by atoms with Gasteiger partial charge in [-0.25, -0.2) is 4.90 Å². The molecule has 3 nitrogen and oxygen atoms in total. The lowest BCUT2D eigenvalue weighted by molar-refractivity contribution is -0.882. The van der Waals surface area contributed by atoms with Crippen LogP contribution in [0.15, 0.2) is 0 Å². The maximum absolute atomic E-state index is 8.65. The van der Waals surface area contributed by atoms with Crippen molar-refractivity contribution < 1.29 is 9.59 Å². The predicted molar refractivity (Wildman–Crippen MR) is 40.5 cm³/mol. The van der Waals surface area contributed by atoms with Crippen molar-refractivity contribution in [3.05, 3.63) is 0 Å². The Kier molecular flexibility index (Phi) is 2.28. The highest BCUT2D eigenvalue weighted by Crippen LogP contribution is 2.08. The lowest BCUT2D eigenvalue weighted by Gasteiger charge is -2.23. The second-order valence-corrected chi connectivity index (χ2v) is 3.64. The first-order chi connectivity index (χ1) is 4.64. The van der Waals surface area contributed by atoms with Crippen molar-refractivity contribution in [3.63, 3.8) is 0 Å². The molecule has 0 amide bonds. The molecule has 1 saturated heterocycles. The van der Waals surface area contributed by atoms with E-state index in [2.05, 4.69) is 19.0 Å². The van der Waals surface area contributed by atoms with Gasteiger partial charge in [-0.3, -0.25) is 0 Å². The molecule has 1 N–H and O–H groups in total. The van der Waals surface area contributed by atoms with Crippen LogP contribution in [0, 0.1) is 0 Å². The van der Waals surface area contributed by atoms with Crippen LogP contribution in [0.2, 0.25) is 0 Å². The van der Waals surface area contributed by atoms with E-state index in [-0.39, 0.29) is 0 Å². The SMILES string of the molecule is C[N+]1(C)CCN(CCO)C1. The number of β-amino-alcohol motifs (C(OH)–C–C–N with tert-alkyl or cyclic N) is 1. The molecule has 0 unspecified atom stereocenters. The van der Waals surface area contributed by atoms with E-state index in [0.717, 1.165) is 24.2 Å². The van der Waals surface area contributed by atoms with Gasteiger partial charge in [0.1, 0.15) is 6.67 Å². The Morgan fingerprint density at radius 1 is 1.50 bits per heavy atom. The van der Waals surface area contributed by atoms with Crippen molar-refractivity contribution in [1.82, 2.24) is 4.90 Å². The molecule has 0 aromatic rings. The number of hydrogen-bond acceptors (Lipinski definition) is 2. The molecule has 3 heteroatoms. The molecule has 1 heterocycles. The van der Waals surface area contributed by atoms with Crippen LogP contribution in [0.1, 0.15) is 0 Å². The molecule has 0 atom stereocenters. The van der Waals surface area contributed by atoms with E-state index in [4.69, 9.17) is 5.11 Å². The number of rotatable bonds is 2. The molecule has 10 heavy (non-hydrogen) atoms. The van der Waals surface area contributed by atoms with Crippen LogP contribution in [0.25, 0.3) is 0 Å². The molecule has 1 aliphatic rings. The largest absolute Gasteiger partial charge is 0.395 e. The normalized spacial score (nSPS) is 25.5. The quantitative estimate of drug-likeness (QED) is 0.521. The lowest BCUT2D eigenvalue weighted by Crippen LogP contribution is -2.38. The molecule has 0 spiro atoms. The first-order valence-corrected chi connectivity index (χ1v) is 3.79. The third kappa shape index (κ3) is 1.94. The fourth-order valence-corrected chi connectivity index (χ4v) is 1.42. The molecule has 1 fully saturated rings. The van der Waals surface area contributed by atoms with Crippen molar-refractivity contribution in [2.75, 3.05) is 47.0 Å². The molecule has 0 aromatic heterocycles. The maximum Gasteiger partial charge on any atom is 0.134 e. The van der Waals surface area contributed by atoms with Gasteiger partial charge in [0.2, 0.25) is 0 Å². The molecule has 1 aliphatic heterocycles. The summed E-state index contributed by atoms with van der Waals surface area (Å²) in [7, 11) is 4.44. The minimum atomic E-state index is 0.292. The number of likely N-dealkylation sites (N-methyl/N-ethyl adjacent to an activating group) is 1. The smallest absolute Gasteiger partial charge is 0.134 e. The van der Waals surface area contributed by atoms with Gasteiger partial charge < -0.3 is 9.59 Å². The van der Waals surface area contributed by atoms with Crippen molar-refractivity contribution in [3.8, 4) is 0 Å². The molecule has 0 saturated carbocycles. The van der Waals surface area contributed by atoms with E-state index >= 15 is 0 Å². The van der Waals surface area contributed by atoms with Gasteiger partial charge in [-0.05, 0) is 0 Å². The molecule has 0 radical (unpaired) electrons. The van der Waals surface area contributed by atoms with Gasteiger partial charge in [-0.2, -0.15) is 0 Å². The van der Waals surface area contributed by atoms with E-state index in [0.29, 0.717) is 6.61 Å². The van der Waals surface area contributed by atoms with Gasteiger partial charge in [0.15, 0.2) is 0 Å². The highest BCUT2D eigenvalue weighted by molar-refractivity contribution is 4.57. The Bertz CT molecular complexity index is 114. The summed E-state index contributed by atoms with van der Waals surface area (Å²) in [4.78, 5) is 2.29. The van der Waals surface area contributed by atoms with Gasteiger partial charge in [-0.1, -0.05) is 0 Å². The third-order valence-corrected chi connectivity index (χ3v) is 2.02. The lowest BCUT2D eigenvalue weighted by atomic mass is 10.5. The van der Waals surface area contributed by atoms with Crippen LogP contribution < -0.4 is 0 Å². The molecule has 0 bridgehead atoms. The number of aliphatic hydroxyl groups excluding tert-OH is 1. The molecule has 1 rings (SSSR count). The van der Waals surface area contributed by atoms with Gasteiger partial charge >= 0.3 is 0 Å². The van der Waals surface area contributed by atoms with Crippen LogP contribution in [0.5, 0.6) is 0 Å². The molecular formula is C7H17N2O+. The Morgan fingerprint density at radius 2 is 2.20 bits per heavy atom. The number of aliphatic hydroxyl groups is 1. The first kappa shape index (κ1) is 7.98. The number of hydrogen-bond donors (Lipinski definition) is 1. The Morgan fingerprint density at radius 3 is 2.60 bits per heavy atom. The van der Waals surface area contributed by atoms with Gasteiger partial charge in [0, 0.05) is 6.54 Å². The number of nitrogens with zero attached hydrogens (tertiary/aromatic N) is 2. The monoisotopic (exact) mass is 145 g/mol. The Labute approximate surface area is 62.4 Å². The van der Waals surface area contributed by atoms with Gasteiger partial charge in [0.05, 0.1) is 33.8 Å². The summed E-state index contributed by atoms with van der Waals surface area (Å²) in [5.41, 5.74) is 0. The van der Waals surface area contributed by atoms with Crippen molar-refractivity contribution in [2.24, 2.45) is 0 Å². The summed E-state index contributed by atoms with van der Waals surface area (Å²) in [6, 6.07) is 0. The topological polar surface area (TPSA) is 23.5 Å². The van der Waals surface area contributed by atoms with Gasteiger partial charge in [-0.15, -0.1) is 0 Å². The zero-order valence-corrected chi connectivity index (χ0v) is 6.88. The van der Waals surface area contributed by atoms with E-state index < -0.39 is 0 Å². The zero-order chi connectivity index (χ0) is 7.61. The Hall–Kier alpha value is -0.120. The summed E-state index contributed by atoms with van der Waals surface area (Å²) in [6.07, 6.45) is 0. The van der Waals surface area contributed by atoms with E-state index in [1.165, 1.54) is 6.54 Å². The average Bonchev–Trinajstić information content (AvgIpc) is 2.12. The first-order valence-electron chi connectivity index (χ1n) is 3.79. The minimum absolute atomic E-state index is 0.292. The highest BCUT2D eigenvalue weighted by Gasteiger charge is 2.27. The highest BCUT2D eigenvalue weighted by atomic mass is 16.3. The van der Waals surface area contributed by atoms with Crippen LogP contribution in [-0.2, 0) is 0 Å². The third-order valence-electron chi connectivity index (χ3n) is 2.02. The van der Waals surface area contributed by atoms with Crippen molar-refractivity contribution >= 4 is 0 Å². The second-order valence-electron chi connectivity index (χ2n) is 3.64. The standard InChI is InChI=1S/C7H17N2O/c1-9(2)5-3-8(7-9)4-6-10/h10H,3-7H2,1-2H3/q+1. The molecular weight excluding hydrogens is 128 g/mol. The van der Waals surface area contributed by atoms with Crippen LogP contribution in [0.4, 0.5) is 0 Å². The zero-order valence-electron chi connectivity index (χ0n) is 6.88. The van der Waals surface area contributed by atoms with Crippen LogP contribution >= 0.6 is 0 Å². The summed E-state index contributed by atoms with van der Waals surface area (Å²) >= 11 is 0. The molecule has 0 aliphatic carbocycles. The summed E-state index contributed by atoms with van der Waals surface area (Å²) in [5.74, 6) is 0. The summed E-state index contributed by atoms with van der Waals surface area (Å²) < 4.78 is 1.07. The van der Waals surface area contributed by atoms with E-state index in [1.807, 2.05) is 0 Å². The maximum atomic E-state index is 8.65. The molecule has 0 aromatic carbocycles. The van der Waals surface area contributed by atoms with E-state index in [9.17, 15) is 0 Å². The fraction of sp³-hybridized carbons (Fsp3) is 1.00. The van der Waals surface area contributed by atoms with Crippen molar-refractivity contribution in [1.29, 1.82) is 0 Å². The predicted octanol–water partition coefficient (Wildman–Crippen LogP) is -0.672. The Balaban J connectivity index is 2.29. The van der Waals surface area contributed by atoms with Crippen LogP contribution in [-0.4, -0.2) is 61.5 Å². The summed E-state index contributed by atoms with van der Waals surface area (Å²) in [5, 5.41) is 8.65.